The number of alkyl halides is 3. The number of carbonyl (C=O) groups is 2. The summed E-state index contributed by atoms with van der Waals surface area (Å²) in [5, 5.41) is 2.82. The zero-order valence-corrected chi connectivity index (χ0v) is 15.8. The van der Waals surface area contributed by atoms with Crippen molar-refractivity contribution in [3.8, 4) is 5.75 Å². The van der Waals surface area contributed by atoms with Crippen molar-refractivity contribution < 1.29 is 27.5 Å². The van der Waals surface area contributed by atoms with Gasteiger partial charge < -0.3 is 10.1 Å². The number of imide groups is 1. The molecule has 3 rings (SSSR count). The Morgan fingerprint density at radius 1 is 1.03 bits per heavy atom. The smallest absolute Gasteiger partial charge is 0.406 e. The Hall–Kier alpha value is -3.29. The molecule has 0 unspecified atom stereocenters. The van der Waals surface area contributed by atoms with Crippen molar-refractivity contribution >= 4 is 23.1 Å². The maximum atomic E-state index is 12.9. The predicted molar refractivity (Wildman–Crippen MR) is 102 cm³/mol. The average molecular weight is 404 g/mol. The van der Waals surface area contributed by atoms with E-state index >= 15 is 0 Å². The van der Waals surface area contributed by atoms with Gasteiger partial charge in [0.1, 0.15) is 11.4 Å². The molecular formula is C21H19F3N2O3. The maximum Gasteiger partial charge on any atom is 0.573 e. The minimum Gasteiger partial charge on any atom is -0.406 e. The highest BCUT2D eigenvalue weighted by Gasteiger charge is 2.38. The van der Waals surface area contributed by atoms with Crippen LogP contribution in [-0.4, -0.2) is 29.6 Å². The number of ether oxygens (including phenoxy) is 1. The van der Waals surface area contributed by atoms with Gasteiger partial charge in [-0.2, -0.15) is 0 Å². The number of amides is 2. The van der Waals surface area contributed by atoms with Gasteiger partial charge in [0, 0.05) is 18.3 Å². The molecule has 0 saturated heterocycles. The van der Waals surface area contributed by atoms with E-state index in [0.717, 1.165) is 22.6 Å². The van der Waals surface area contributed by atoms with E-state index in [1.54, 1.807) is 12.1 Å². The van der Waals surface area contributed by atoms with E-state index in [-0.39, 0.29) is 23.5 Å². The van der Waals surface area contributed by atoms with Crippen LogP contribution in [0.1, 0.15) is 24.5 Å². The van der Waals surface area contributed by atoms with Crippen LogP contribution >= 0.6 is 0 Å². The molecule has 0 spiro atoms. The molecule has 8 heteroatoms. The maximum absolute atomic E-state index is 12.9. The van der Waals surface area contributed by atoms with Gasteiger partial charge in [0.15, 0.2) is 0 Å². The van der Waals surface area contributed by atoms with Crippen LogP contribution < -0.4 is 10.1 Å². The lowest BCUT2D eigenvalue weighted by Gasteiger charge is -2.14. The van der Waals surface area contributed by atoms with Gasteiger partial charge in [-0.3, -0.25) is 14.5 Å². The number of hydrogen-bond acceptors (Lipinski definition) is 4. The van der Waals surface area contributed by atoms with Crippen molar-refractivity contribution in [3.63, 3.8) is 0 Å². The standard InChI is InChI=1S/C21H19F3N2O3/c1-3-11-26-19(27)17(14-9-7-13(2)8-10-14)18(20(26)28)25-15-5-4-6-16(12-15)29-21(22,23)24/h4-10,12,25H,3,11H2,1-2H3. The van der Waals surface area contributed by atoms with Gasteiger partial charge in [0.25, 0.3) is 11.8 Å². The summed E-state index contributed by atoms with van der Waals surface area (Å²) >= 11 is 0. The summed E-state index contributed by atoms with van der Waals surface area (Å²) in [5.41, 5.74) is 1.95. The highest BCUT2D eigenvalue weighted by atomic mass is 19.4. The van der Waals surface area contributed by atoms with Crippen LogP contribution in [0, 0.1) is 6.92 Å². The van der Waals surface area contributed by atoms with E-state index in [1.165, 1.54) is 12.1 Å². The molecule has 0 atom stereocenters. The van der Waals surface area contributed by atoms with Crippen LogP contribution in [0.2, 0.25) is 0 Å². The molecule has 0 aliphatic carbocycles. The molecule has 29 heavy (non-hydrogen) atoms. The Balaban J connectivity index is 2.00. The Morgan fingerprint density at radius 3 is 2.34 bits per heavy atom. The van der Waals surface area contributed by atoms with Gasteiger partial charge in [0.2, 0.25) is 0 Å². The van der Waals surface area contributed by atoms with Gasteiger partial charge in [-0.25, -0.2) is 0 Å². The van der Waals surface area contributed by atoms with E-state index < -0.39 is 23.9 Å². The summed E-state index contributed by atoms with van der Waals surface area (Å²) in [6.07, 6.45) is -4.25. The van der Waals surface area contributed by atoms with Crippen LogP contribution in [0.5, 0.6) is 5.75 Å². The molecule has 5 nitrogen and oxygen atoms in total. The fraction of sp³-hybridized carbons (Fsp3) is 0.238. The fourth-order valence-electron chi connectivity index (χ4n) is 3.02. The third kappa shape index (κ3) is 4.59. The number of rotatable bonds is 6. The number of carbonyl (C=O) groups excluding carboxylic acids is 2. The molecule has 0 bridgehead atoms. The van der Waals surface area contributed by atoms with Crippen LogP contribution in [0.4, 0.5) is 18.9 Å². The SMILES string of the molecule is CCCN1C(=O)C(Nc2cccc(OC(F)(F)F)c2)=C(c2ccc(C)cc2)C1=O. The van der Waals surface area contributed by atoms with Crippen LogP contribution in [0.3, 0.4) is 0 Å². The quantitative estimate of drug-likeness (QED) is 0.721. The Labute approximate surface area is 165 Å². The van der Waals surface area contributed by atoms with Gasteiger partial charge in [-0.05, 0) is 31.0 Å². The molecule has 2 aromatic rings. The number of nitrogens with one attached hydrogen (secondary N) is 1. The number of nitrogens with zero attached hydrogens (tertiary/aromatic N) is 1. The molecule has 152 valence electrons. The highest BCUT2D eigenvalue weighted by molar-refractivity contribution is 6.36. The molecule has 0 aromatic heterocycles. The second kappa shape index (κ2) is 7.98. The molecular weight excluding hydrogens is 385 g/mol. The number of halogens is 3. The predicted octanol–water partition coefficient (Wildman–Crippen LogP) is 4.50. The summed E-state index contributed by atoms with van der Waals surface area (Å²) in [5.74, 6) is -1.39. The van der Waals surface area contributed by atoms with Gasteiger partial charge in [-0.15, -0.1) is 13.2 Å². The van der Waals surface area contributed by atoms with Crippen LogP contribution in [0.15, 0.2) is 54.2 Å². The summed E-state index contributed by atoms with van der Waals surface area (Å²) in [7, 11) is 0. The number of anilines is 1. The van der Waals surface area contributed by atoms with Crippen LogP contribution in [0.25, 0.3) is 5.57 Å². The van der Waals surface area contributed by atoms with E-state index in [2.05, 4.69) is 10.1 Å². The zero-order valence-electron chi connectivity index (χ0n) is 15.8. The summed E-state index contributed by atoms with van der Waals surface area (Å²) in [4.78, 5) is 26.9. The van der Waals surface area contributed by atoms with E-state index in [0.29, 0.717) is 12.0 Å². The monoisotopic (exact) mass is 404 g/mol. The molecule has 1 aliphatic rings. The second-order valence-electron chi connectivity index (χ2n) is 6.58. The minimum atomic E-state index is -4.83. The Morgan fingerprint density at radius 2 is 1.72 bits per heavy atom. The van der Waals surface area contributed by atoms with Crippen molar-refractivity contribution in [2.24, 2.45) is 0 Å². The first-order chi connectivity index (χ1) is 13.7. The van der Waals surface area contributed by atoms with Crippen molar-refractivity contribution in [1.29, 1.82) is 0 Å². The molecule has 1 N–H and O–H groups in total. The normalized spacial score (nSPS) is 14.6. The van der Waals surface area contributed by atoms with E-state index in [9.17, 15) is 22.8 Å². The number of aryl methyl sites for hydroxylation is 1. The summed E-state index contributed by atoms with van der Waals surface area (Å²) < 4.78 is 41.4. The second-order valence-corrected chi connectivity index (χ2v) is 6.58. The summed E-state index contributed by atoms with van der Waals surface area (Å²) in [6.45, 7) is 3.99. The lowest BCUT2D eigenvalue weighted by molar-refractivity contribution is -0.274. The highest BCUT2D eigenvalue weighted by Crippen LogP contribution is 2.32. The first kappa shape index (κ1) is 20.4. The number of hydrogen-bond donors (Lipinski definition) is 1. The number of benzene rings is 2. The largest absolute Gasteiger partial charge is 0.573 e. The Bertz CT molecular complexity index is 966. The zero-order chi connectivity index (χ0) is 21.2. The third-order valence-electron chi connectivity index (χ3n) is 4.29. The summed E-state index contributed by atoms with van der Waals surface area (Å²) in [6, 6.07) is 12.2. The van der Waals surface area contributed by atoms with Crippen molar-refractivity contribution in [2.75, 3.05) is 11.9 Å². The Kier molecular flexibility index (Phi) is 5.63. The van der Waals surface area contributed by atoms with Crippen molar-refractivity contribution in [1.82, 2.24) is 4.90 Å². The molecule has 1 aliphatic heterocycles. The van der Waals surface area contributed by atoms with Crippen molar-refractivity contribution in [2.45, 2.75) is 26.6 Å². The van der Waals surface area contributed by atoms with Gasteiger partial charge in [-0.1, -0.05) is 42.8 Å². The minimum absolute atomic E-state index is 0.0245. The molecule has 2 amide bonds. The molecule has 1 heterocycles. The lowest BCUT2D eigenvalue weighted by Crippen LogP contribution is -2.33. The van der Waals surface area contributed by atoms with Gasteiger partial charge in [0.05, 0.1) is 5.57 Å². The third-order valence-corrected chi connectivity index (χ3v) is 4.29. The molecule has 0 radical (unpaired) electrons. The topological polar surface area (TPSA) is 58.6 Å². The van der Waals surface area contributed by atoms with Gasteiger partial charge >= 0.3 is 6.36 Å². The molecule has 0 saturated carbocycles. The lowest BCUT2D eigenvalue weighted by atomic mass is 10.0. The molecule has 0 fully saturated rings. The average Bonchev–Trinajstić information content (AvgIpc) is 2.86. The van der Waals surface area contributed by atoms with Crippen molar-refractivity contribution in [3.05, 3.63) is 65.4 Å². The van der Waals surface area contributed by atoms with E-state index in [1.807, 2.05) is 26.0 Å². The fourth-order valence-corrected chi connectivity index (χ4v) is 3.02. The van der Waals surface area contributed by atoms with Crippen LogP contribution in [-0.2, 0) is 9.59 Å². The first-order valence-electron chi connectivity index (χ1n) is 9.00. The van der Waals surface area contributed by atoms with E-state index in [4.69, 9.17) is 0 Å². The first-order valence-corrected chi connectivity index (χ1v) is 9.00. The molecule has 2 aromatic carbocycles.